The van der Waals surface area contributed by atoms with Gasteiger partial charge in [-0.2, -0.15) is 13.2 Å². The van der Waals surface area contributed by atoms with Crippen molar-refractivity contribution in [2.45, 2.75) is 32.9 Å². The number of fused-ring (bicyclic) bond motifs is 1. The van der Waals surface area contributed by atoms with E-state index in [9.17, 15) is 18.0 Å². The van der Waals surface area contributed by atoms with Gasteiger partial charge in [-0.3, -0.25) is 4.79 Å². The van der Waals surface area contributed by atoms with Gasteiger partial charge in [0, 0.05) is 31.8 Å². The molecule has 1 N–H and O–H groups in total. The number of imidazole rings is 1. The fourth-order valence-electron chi connectivity index (χ4n) is 2.11. The topological polar surface area (TPSA) is 46.4 Å². The zero-order chi connectivity index (χ0) is 16.3. The van der Waals surface area contributed by atoms with Gasteiger partial charge in [0.1, 0.15) is 5.65 Å². The van der Waals surface area contributed by atoms with Crippen LogP contribution in [-0.4, -0.2) is 21.8 Å². The Kier molecular flexibility index (Phi) is 4.73. The Hall–Kier alpha value is -2.05. The van der Waals surface area contributed by atoms with Crippen molar-refractivity contribution in [1.29, 1.82) is 0 Å². The molecule has 0 unspecified atom stereocenters. The lowest BCUT2D eigenvalue weighted by Gasteiger charge is -2.06. The van der Waals surface area contributed by atoms with Gasteiger partial charge in [0.15, 0.2) is 0 Å². The lowest BCUT2D eigenvalue weighted by molar-refractivity contribution is -0.137. The number of amides is 1. The molecule has 4 nitrogen and oxygen atoms in total. The number of carbonyl (C=O) groups excluding carboxylic acids is 1. The second-order valence-electron chi connectivity index (χ2n) is 5.61. The van der Waals surface area contributed by atoms with Crippen LogP contribution < -0.4 is 5.32 Å². The first-order chi connectivity index (χ1) is 10.3. The second-order valence-corrected chi connectivity index (χ2v) is 5.61. The molecule has 0 saturated carbocycles. The van der Waals surface area contributed by atoms with Gasteiger partial charge >= 0.3 is 6.18 Å². The molecule has 0 saturated heterocycles. The number of aromatic nitrogens is 2. The molecule has 0 aliphatic rings. The highest BCUT2D eigenvalue weighted by Crippen LogP contribution is 2.29. The number of hydrogen-bond acceptors (Lipinski definition) is 2. The molecule has 0 aliphatic heterocycles. The van der Waals surface area contributed by atoms with Gasteiger partial charge < -0.3 is 9.72 Å². The summed E-state index contributed by atoms with van der Waals surface area (Å²) in [7, 11) is 0. The van der Waals surface area contributed by atoms with E-state index in [4.69, 9.17) is 0 Å². The van der Waals surface area contributed by atoms with Crippen LogP contribution in [0.4, 0.5) is 13.2 Å². The van der Waals surface area contributed by atoms with Gasteiger partial charge in [-0.25, -0.2) is 4.98 Å². The van der Waals surface area contributed by atoms with Crippen LogP contribution in [0.5, 0.6) is 0 Å². The molecule has 0 fully saturated rings. The first kappa shape index (κ1) is 16.3. The van der Waals surface area contributed by atoms with Crippen molar-refractivity contribution in [2.24, 2.45) is 5.92 Å². The number of halogens is 3. The number of alkyl halides is 3. The molecule has 2 heterocycles. The monoisotopic (exact) mass is 313 g/mol. The van der Waals surface area contributed by atoms with Gasteiger partial charge in [0.05, 0.1) is 11.3 Å². The van der Waals surface area contributed by atoms with E-state index in [-0.39, 0.29) is 11.8 Å². The van der Waals surface area contributed by atoms with Crippen molar-refractivity contribution in [2.75, 3.05) is 6.54 Å². The molecule has 0 aromatic carbocycles. The predicted octanol–water partition coefficient (Wildman–Crippen LogP) is 3.06. The van der Waals surface area contributed by atoms with E-state index >= 15 is 0 Å². The second kappa shape index (κ2) is 6.37. The Morgan fingerprint density at radius 3 is 2.68 bits per heavy atom. The van der Waals surface area contributed by atoms with Crippen molar-refractivity contribution in [3.8, 4) is 0 Å². The van der Waals surface area contributed by atoms with Gasteiger partial charge in [-0.05, 0) is 18.1 Å². The van der Waals surface area contributed by atoms with Crippen LogP contribution >= 0.6 is 0 Å². The highest BCUT2D eigenvalue weighted by Gasteiger charge is 2.30. The van der Waals surface area contributed by atoms with E-state index in [0.717, 1.165) is 12.3 Å². The Morgan fingerprint density at radius 2 is 2.05 bits per heavy atom. The van der Waals surface area contributed by atoms with Crippen molar-refractivity contribution >= 4 is 11.6 Å². The maximum absolute atomic E-state index is 12.6. The average Bonchev–Trinajstić information content (AvgIpc) is 2.78. The number of nitrogens with one attached hydrogen (secondary N) is 1. The minimum atomic E-state index is -4.37. The SMILES string of the molecule is CC(C)CC(=O)NCCc1cn2cc(C(F)(F)F)ccc2n1. The standard InChI is InChI=1S/C15H18F3N3O/c1-10(2)7-14(22)19-6-5-12-9-21-8-11(15(16,17)18)3-4-13(21)20-12/h3-4,8-10H,5-7H2,1-2H3,(H,19,22). The van der Waals surface area contributed by atoms with Gasteiger partial charge in [-0.15, -0.1) is 0 Å². The zero-order valence-corrected chi connectivity index (χ0v) is 12.4. The molecule has 0 aliphatic carbocycles. The lowest BCUT2D eigenvalue weighted by Crippen LogP contribution is -2.26. The third-order valence-electron chi connectivity index (χ3n) is 3.13. The van der Waals surface area contributed by atoms with E-state index in [0.29, 0.717) is 30.7 Å². The van der Waals surface area contributed by atoms with E-state index in [1.807, 2.05) is 13.8 Å². The molecule has 0 radical (unpaired) electrons. The molecule has 7 heteroatoms. The van der Waals surface area contributed by atoms with E-state index < -0.39 is 11.7 Å². The van der Waals surface area contributed by atoms with Gasteiger partial charge in [0.2, 0.25) is 5.91 Å². The van der Waals surface area contributed by atoms with Crippen LogP contribution in [0.3, 0.4) is 0 Å². The summed E-state index contributed by atoms with van der Waals surface area (Å²) < 4.78 is 39.3. The smallest absolute Gasteiger partial charge is 0.356 e. The van der Waals surface area contributed by atoms with Gasteiger partial charge in [0.25, 0.3) is 0 Å². The zero-order valence-electron chi connectivity index (χ0n) is 12.4. The van der Waals surface area contributed by atoms with Crippen molar-refractivity contribution in [1.82, 2.24) is 14.7 Å². The summed E-state index contributed by atoms with van der Waals surface area (Å²) in [5.74, 6) is 0.258. The largest absolute Gasteiger partial charge is 0.417 e. The Balaban J connectivity index is 2.00. The van der Waals surface area contributed by atoms with E-state index in [2.05, 4.69) is 10.3 Å². The van der Waals surface area contributed by atoms with Crippen LogP contribution in [0.1, 0.15) is 31.5 Å². The fraction of sp³-hybridized carbons (Fsp3) is 0.467. The van der Waals surface area contributed by atoms with Crippen LogP contribution in [0.25, 0.3) is 5.65 Å². The normalized spacial score (nSPS) is 12.1. The van der Waals surface area contributed by atoms with Crippen LogP contribution in [0.2, 0.25) is 0 Å². The summed E-state index contributed by atoms with van der Waals surface area (Å²) in [5, 5.41) is 2.77. The number of carbonyl (C=O) groups is 1. The molecular formula is C15H18F3N3O. The maximum Gasteiger partial charge on any atom is 0.417 e. The summed E-state index contributed by atoms with van der Waals surface area (Å²) in [6.45, 7) is 4.33. The number of pyridine rings is 1. The predicted molar refractivity (Wildman–Crippen MR) is 76.4 cm³/mol. The third kappa shape index (κ3) is 4.22. The molecule has 2 aromatic heterocycles. The first-order valence-electron chi connectivity index (χ1n) is 7.07. The molecule has 22 heavy (non-hydrogen) atoms. The molecule has 120 valence electrons. The first-order valence-corrected chi connectivity index (χ1v) is 7.07. The molecule has 0 spiro atoms. The highest BCUT2D eigenvalue weighted by atomic mass is 19.4. The van der Waals surface area contributed by atoms with Crippen LogP contribution in [-0.2, 0) is 17.4 Å². The van der Waals surface area contributed by atoms with Crippen LogP contribution in [0, 0.1) is 5.92 Å². The molecule has 2 aromatic rings. The number of nitrogens with zero attached hydrogens (tertiary/aromatic N) is 2. The molecule has 2 rings (SSSR count). The summed E-state index contributed by atoms with van der Waals surface area (Å²) in [6.07, 6.45) is -0.862. The highest BCUT2D eigenvalue weighted by molar-refractivity contribution is 5.76. The van der Waals surface area contributed by atoms with Crippen molar-refractivity contribution < 1.29 is 18.0 Å². The Bertz CT molecular complexity index is 662. The minimum absolute atomic E-state index is 0.0295. The van der Waals surface area contributed by atoms with E-state index in [1.54, 1.807) is 6.20 Å². The lowest BCUT2D eigenvalue weighted by atomic mass is 10.1. The summed E-state index contributed by atoms with van der Waals surface area (Å²) >= 11 is 0. The summed E-state index contributed by atoms with van der Waals surface area (Å²) in [4.78, 5) is 15.7. The quantitative estimate of drug-likeness (QED) is 0.922. The minimum Gasteiger partial charge on any atom is -0.356 e. The van der Waals surface area contributed by atoms with Crippen molar-refractivity contribution in [3.63, 3.8) is 0 Å². The number of hydrogen-bond donors (Lipinski definition) is 1. The Labute approximate surface area is 126 Å². The molecule has 0 bridgehead atoms. The maximum atomic E-state index is 12.6. The Morgan fingerprint density at radius 1 is 1.32 bits per heavy atom. The molecule has 0 atom stereocenters. The summed E-state index contributed by atoms with van der Waals surface area (Å²) in [6, 6.07) is 2.35. The summed E-state index contributed by atoms with van der Waals surface area (Å²) in [5.41, 5.74) is 0.384. The van der Waals surface area contributed by atoms with E-state index in [1.165, 1.54) is 10.5 Å². The molecular weight excluding hydrogens is 295 g/mol. The van der Waals surface area contributed by atoms with Crippen molar-refractivity contribution in [3.05, 3.63) is 35.8 Å². The third-order valence-corrected chi connectivity index (χ3v) is 3.13. The average molecular weight is 313 g/mol. The van der Waals surface area contributed by atoms with Gasteiger partial charge in [-0.1, -0.05) is 13.8 Å². The number of rotatable bonds is 5. The van der Waals surface area contributed by atoms with Crippen LogP contribution in [0.15, 0.2) is 24.5 Å². The molecule has 1 amide bonds. The fourth-order valence-corrected chi connectivity index (χ4v) is 2.11.